The molecule has 0 bridgehead atoms. The van der Waals surface area contributed by atoms with Crippen LogP contribution in [0.2, 0.25) is 0 Å². The fourth-order valence-electron chi connectivity index (χ4n) is 11.2. The number of carbonyl (C=O) groups is 4. The Kier molecular flexibility index (Phi) is 11.6. The summed E-state index contributed by atoms with van der Waals surface area (Å²) in [6, 6.07) is -1.32. The van der Waals surface area contributed by atoms with Gasteiger partial charge < -0.3 is 49.9 Å². The zero-order chi connectivity index (χ0) is 42.7. The second-order valence-corrected chi connectivity index (χ2v) is 20.1. The van der Waals surface area contributed by atoms with Crippen LogP contribution >= 0.6 is 0 Å². The number of hydrogen-bond donors (Lipinski definition) is 5. The molecule has 4 amide bonds. The zero-order valence-corrected chi connectivity index (χ0v) is 36.3. The Morgan fingerprint density at radius 1 is 0.833 bits per heavy atom. The molecule has 60 heavy (non-hydrogen) atoms. The van der Waals surface area contributed by atoms with Gasteiger partial charge >= 0.3 is 6.09 Å². The Morgan fingerprint density at radius 2 is 1.43 bits per heavy atom. The molecule has 4 aliphatic heterocycles. The quantitative estimate of drug-likeness (QED) is 0.239. The second-order valence-electron chi connectivity index (χ2n) is 20.1. The first-order valence-corrected chi connectivity index (χ1v) is 22.1. The van der Waals surface area contributed by atoms with Crippen molar-refractivity contribution in [1.29, 1.82) is 0 Å². The van der Waals surface area contributed by atoms with Crippen LogP contribution < -0.4 is 10.6 Å². The molecule has 16 heteroatoms. The fourth-order valence-corrected chi connectivity index (χ4v) is 11.2. The molecule has 11 atom stereocenters. The van der Waals surface area contributed by atoms with Gasteiger partial charge in [-0.25, -0.2) is 14.8 Å². The van der Waals surface area contributed by atoms with Crippen LogP contribution in [0, 0.1) is 16.7 Å². The van der Waals surface area contributed by atoms with Crippen molar-refractivity contribution in [3.05, 3.63) is 47.7 Å². The van der Waals surface area contributed by atoms with Crippen molar-refractivity contribution in [3.8, 4) is 0 Å². The number of rotatable bonds is 9. The van der Waals surface area contributed by atoms with Gasteiger partial charge in [-0.2, -0.15) is 0 Å². The number of morpholine rings is 1. The Bertz CT molecular complexity index is 1950. The fraction of sp³-hybridized carbons (Fsp3) is 0.727. The number of hydrogen-bond acceptors (Lipinski definition) is 10. The first-order chi connectivity index (χ1) is 28.6. The topological polar surface area (TPSA) is 198 Å². The molecule has 3 saturated heterocycles. The van der Waals surface area contributed by atoms with Crippen LogP contribution in [0.1, 0.15) is 146 Å². The lowest BCUT2D eigenvalue weighted by molar-refractivity contribution is -0.168. The van der Waals surface area contributed by atoms with Gasteiger partial charge in [0.1, 0.15) is 30.3 Å². The summed E-state index contributed by atoms with van der Waals surface area (Å²) in [5.74, 6) is 1.56. The van der Waals surface area contributed by atoms with E-state index in [-0.39, 0.29) is 59.9 Å². The van der Waals surface area contributed by atoms with Crippen molar-refractivity contribution in [1.82, 2.24) is 45.3 Å². The van der Waals surface area contributed by atoms with E-state index in [0.29, 0.717) is 19.1 Å². The lowest BCUT2D eigenvalue weighted by Gasteiger charge is -2.54. The highest BCUT2D eigenvalue weighted by Crippen LogP contribution is 2.51. The maximum absolute atomic E-state index is 13.9. The summed E-state index contributed by atoms with van der Waals surface area (Å²) in [7, 11) is 1.31. The number of H-pyrrole nitrogens is 2. The van der Waals surface area contributed by atoms with Crippen LogP contribution in [0.25, 0.3) is 0 Å². The molecule has 16 nitrogen and oxygen atoms in total. The standard InChI is InChI=1S/C44H65N9O7/c1-43(2,3)36(49-34(55)23-54)40(56)52-17-9-11-31(52)39-46-22-28(48-39)25-13-15-32-35-26(25)16-19-51(35)29-14-12-24(20-33(29)60-32)27-21-45-38(47-27)30-10-8-18-53(30)41(57)37(44(4,5)6)50-42(58)59-7/h16,19,21-22,24-26,29-33,35-37,54H,8-15,17-18,20,23H2,1-7H3,(H,45,47)(H,46,48)(H,49,55)(H,50,58)/t24?,25?,26?,29?,30-,31-,32?,33?,35?,36+,37+/m0/s1. The van der Waals surface area contributed by atoms with Crippen LogP contribution in [-0.2, 0) is 23.9 Å². The minimum Gasteiger partial charge on any atom is -0.453 e. The molecule has 2 aliphatic carbocycles. The number of alkyl carbamates (subject to hydrolysis) is 1. The van der Waals surface area contributed by atoms with Gasteiger partial charge in [0.2, 0.25) is 17.7 Å². The van der Waals surface area contributed by atoms with Gasteiger partial charge in [0.25, 0.3) is 0 Å². The van der Waals surface area contributed by atoms with Gasteiger partial charge in [0.15, 0.2) is 0 Å². The van der Waals surface area contributed by atoms with E-state index in [1.165, 1.54) is 7.11 Å². The maximum atomic E-state index is 13.9. The van der Waals surface area contributed by atoms with E-state index < -0.39 is 41.5 Å². The van der Waals surface area contributed by atoms with E-state index in [9.17, 15) is 24.3 Å². The minimum absolute atomic E-state index is 0.0990. The first kappa shape index (κ1) is 42.3. The molecular weight excluding hydrogens is 767 g/mol. The second kappa shape index (κ2) is 16.4. The molecule has 8 rings (SSSR count). The Balaban J connectivity index is 0.910. The third kappa shape index (κ3) is 7.93. The number of carbonyl (C=O) groups excluding carboxylic acids is 4. The lowest BCUT2D eigenvalue weighted by atomic mass is 9.71. The number of aliphatic hydroxyl groups excluding tert-OH is 1. The van der Waals surface area contributed by atoms with E-state index in [1.807, 2.05) is 63.7 Å². The van der Waals surface area contributed by atoms with Gasteiger partial charge in [-0.1, -0.05) is 47.6 Å². The van der Waals surface area contributed by atoms with E-state index in [2.05, 4.69) is 37.8 Å². The van der Waals surface area contributed by atoms with Crippen LogP contribution in [0.3, 0.4) is 0 Å². The Morgan fingerprint density at radius 3 is 2.03 bits per heavy atom. The molecule has 0 radical (unpaired) electrons. The van der Waals surface area contributed by atoms with E-state index in [0.717, 1.165) is 80.8 Å². The number of nitrogens with zero attached hydrogens (tertiary/aromatic N) is 5. The monoisotopic (exact) mass is 832 g/mol. The van der Waals surface area contributed by atoms with Crippen LogP contribution in [0.4, 0.5) is 4.79 Å². The smallest absolute Gasteiger partial charge is 0.407 e. The highest BCUT2D eigenvalue weighted by Gasteiger charge is 2.54. The molecule has 2 aromatic heterocycles. The summed E-state index contributed by atoms with van der Waals surface area (Å²) >= 11 is 0. The van der Waals surface area contributed by atoms with Crippen molar-refractivity contribution in [2.24, 2.45) is 16.7 Å². The minimum atomic E-state index is -0.759. The number of methoxy groups -OCH3 is 1. The largest absolute Gasteiger partial charge is 0.453 e. The van der Waals surface area contributed by atoms with E-state index in [1.54, 1.807) is 0 Å². The van der Waals surface area contributed by atoms with Gasteiger partial charge in [-0.15, -0.1) is 0 Å². The molecule has 5 fully saturated rings. The number of ether oxygens (including phenoxy) is 2. The first-order valence-electron chi connectivity index (χ1n) is 22.1. The van der Waals surface area contributed by atoms with Gasteiger partial charge in [-0.05, 0) is 74.8 Å². The molecule has 328 valence electrons. The number of amides is 4. The highest BCUT2D eigenvalue weighted by molar-refractivity contribution is 5.89. The van der Waals surface area contributed by atoms with Crippen molar-refractivity contribution in [2.75, 3.05) is 26.8 Å². The average Bonchev–Trinajstić information content (AvgIpc) is 4.06. The average molecular weight is 832 g/mol. The zero-order valence-electron chi connectivity index (χ0n) is 36.3. The number of fused-ring (bicyclic) bond motifs is 2. The normalized spacial score (nSPS) is 31.1. The SMILES string of the molecule is COC(=O)N[C@H](C(=O)N1CCC[C@H]1c1ncc(C2CCC3C(C2)OC2CCC(c4cnc([C@@H]5CCCN5C(=O)[C@@H](NC(=O)CO)C(C)(C)C)[nH]4)C4C=CN3C24)[nH]1)C(C)(C)C. The summed E-state index contributed by atoms with van der Waals surface area (Å²) in [5, 5.41) is 14.9. The Hall–Kier alpha value is -4.44. The molecule has 5 N–H and O–H groups in total. The maximum Gasteiger partial charge on any atom is 0.407 e. The number of aromatic amines is 2. The Labute approximate surface area is 353 Å². The molecule has 7 unspecified atom stereocenters. The number of likely N-dealkylation sites (tertiary alicyclic amines) is 2. The molecule has 2 saturated carbocycles. The summed E-state index contributed by atoms with van der Waals surface area (Å²) in [6.07, 6.45) is 16.4. The van der Waals surface area contributed by atoms with E-state index in [4.69, 9.17) is 19.4 Å². The summed E-state index contributed by atoms with van der Waals surface area (Å²) in [4.78, 5) is 75.5. The lowest BCUT2D eigenvalue weighted by Crippen LogP contribution is -2.62. The molecule has 0 aromatic carbocycles. The molecule has 6 heterocycles. The molecule has 0 spiro atoms. The summed E-state index contributed by atoms with van der Waals surface area (Å²) in [6.45, 7) is 12.1. The number of aromatic nitrogens is 4. The number of imidazole rings is 2. The van der Waals surface area contributed by atoms with Crippen LogP contribution in [-0.4, -0.2) is 127 Å². The number of aliphatic hydroxyl groups is 1. The van der Waals surface area contributed by atoms with Crippen molar-refractivity contribution >= 4 is 23.8 Å². The summed E-state index contributed by atoms with van der Waals surface area (Å²) in [5.41, 5.74) is 1.15. The van der Waals surface area contributed by atoms with Crippen molar-refractivity contribution < 1.29 is 33.8 Å². The van der Waals surface area contributed by atoms with Crippen molar-refractivity contribution in [3.63, 3.8) is 0 Å². The van der Waals surface area contributed by atoms with Crippen LogP contribution in [0.15, 0.2) is 24.7 Å². The molecular formula is C44H65N9O7. The number of nitrogens with one attached hydrogen (secondary N) is 4. The van der Waals surface area contributed by atoms with E-state index >= 15 is 0 Å². The predicted molar refractivity (Wildman–Crippen MR) is 221 cm³/mol. The van der Waals surface area contributed by atoms with Gasteiger partial charge in [0.05, 0.1) is 43.5 Å². The van der Waals surface area contributed by atoms with Crippen LogP contribution in [0.5, 0.6) is 0 Å². The third-order valence-corrected chi connectivity index (χ3v) is 14.2. The highest BCUT2D eigenvalue weighted by atomic mass is 16.5. The third-order valence-electron chi connectivity index (χ3n) is 14.2. The predicted octanol–water partition coefficient (Wildman–Crippen LogP) is 4.55. The van der Waals surface area contributed by atoms with Crippen molar-refractivity contribution in [2.45, 2.75) is 160 Å². The molecule has 6 aliphatic rings. The molecule has 2 aromatic rings. The van der Waals surface area contributed by atoms with Gasteiger partial charge in [-0.3, -0.25) is 14.4 Å². The summed E-state index contributed by atoms with van der Waals surface area (Å²) < 4.78 is 11.9. The van der Waals surface area contributed by atoms with Gasteiger partial charge in [0, 0.05) is 54.6 Å².